The first-order valence-electron chi connectivity index (χ1n) is 10.1. The zero-order chi connectivity index (χ0) is 21.0. The predicted molar refractivity (Wildman–Crippen MR) is 124 cm³/mol. The molecule has 158 valence electrons. The van der Waals surface area contributed by atoms with Gasteiger partial charge in [0.25, 0.3) is 0 Å². The van der Waals surface area contributed by atoms with E-state index in [1.165, 1.54) is 0 Å². The lowest BCUT2D eigenvalue weighted by Crippen LogP contribution is -2.44. The number of nitrogens with zero attached hydrogens (tertiary/aromatic N) is 2. The fourth-order valence-electron chi connectivity index (χ4n) is 3.55. The Morgan fingerprint density at radius 1 is 1.07 bits per heavy atom. The van der Waals surface area contributed by atoms with Crippen molar-refractivity contribution in [3.8, 4) is 11.1 Å². The molecule has 3 rings (SSSR count). The van der Waals surface area contributed by atoms with E-state index in [4.69, 9.17) is 11.6 Å². The van der Waals surface area contributed by atoms with Crippen LogP contribution in [0.25, 0.3) is 11.1 Å². The molecule has 5 nitrogen and oxygen atoms in total. The molecule has 0 unspecified atom stereocenters. The van der Waals surface area contributed by atoms with Crippen LogP contribution < -0.4 is 9.62 Å². The van der Waals surface area contributed by atoms with Crippen LogP contribution in [0.2, 0.25) is 5.02 Å². The summed E-state index contributed by atoms with van der Waals surface area (Å²) in [4.78, 5) is 4.59. The smallest absolute Gasteiger partial charge is 0.232 e. The van der Waals surface area contributed by atoms with Gasteiger partial charge in [-0.15, -0.1) is 0 Å². The minimum absolute atomic E-state index is 0.0955. The van der Waals surface area contributed by atoms with Gasteiger partial charge in [0.1, 0.15) is 0 Å². The van der Waals surface area contributed by atoms with Gasteiger partial charge in [-0.3, -0.25) is 4.72 Å². The molecule has 1 saturated heterocycles. The summed E-state index contributed by atoms with van der Waals surface area (Å²) in [6, 6.07) is 12.0. The molecule has 29 heavy (non-hydrogen) atoms. The van der Waals surface area contributed by atoms with Crippen LogP contribution in [0.3, 0.4) is 0 Å². The zero-order valence-electron chi connectivity index (χ0n) is 17.4. The fourth-order valence-corrected chi connectivity index (χ4v) is 5.14. The molecule has 2 aromatic carbocycles. The first-order chi connectivity index (χ1) is 13.8. The van der Waals surface area contributed by atoms with Crippen molar-refractivity contribution in [1.29, 1.82) is 0 Å². The summed E-state index contributed by atoms with van der Waals surface area (Å²) in [5.41, 5.74) is 4.42. The summed E-state index contributed by atoms with van der Waals surface area (Å²) in [6.07, 6.45) is 1.44. The van der Waals surface area contributed by atoms with E-state index < -0.39 is 10.0 Å². The van der Waals surface area contributed by atoms with Gasteiger partial charge in [0.05, 0.1) is 16.5 Å². The van der Waals surface area contributed by atoms with Crippen molar-refractivity contribution >= 4 is 33.0 Å². The minimum atomic E-state index is -3.45. The van der Waals surface area contributed by atoms with Crippen LogP contribution in [-0.4, -0.2) is 52.3 Å². The molecule has 0 aliphatic carbocycles. The Balaban J connectivity index is 2.06. The standard InChI is InChI=1S/C22H30ClN3O2S/c1-4-5-14-29(27,28)24-21-16-18(26-12-10-25(3)11-13-26)15-20(22(21)23)19-9-7-6-8-17(19)2/h6-9,15-16,24H,4-5,10-14H2,1-3H3. The monoisotopic (exact) mass is 435 g/mol. The van der Waals surface area contributed by atoms with Gasteiger partial charge in [-0.25, -0.2) is 8.42 Å². The molecule has 0 amide bonds. The molecule has 1 aliphatic heterocycles. The normalized spacial score (nSPS) is 15.5. The second-order valence-corrected chi connectivity index (χ2v) is 9.95. The van der Waals surface area contributed by atoms with Gasteiger partial charge < -0.3 is 9.80 Å². The van der Waals surface area contributed by atoms with Crippen LogP contribution in [0.4, 0.5) is 11.4 Å². The van der Waals surface area contributed by atoms with Gasteiger partial charge in [0.2, 0.25) is 10.0 Å². The summed E-state index contributed by atoms with van der Waals surface area (Å²) < 4.78 is 27.9. The van der Waals surface area contributed by atoms with Crippen molar-refractivity contribution < 1.29 is 8.42 Å². The summed E-state index contributed by atoms with van der Waals surface area (Å²) >= 11 is 6.74. The van der Waals surface area contributed by atoms with Gasteiger partial charge >= 0.3 is 0 Å². The lowest BCUT2D eigenvalue weighted by Gasteiger charge is -2.34. The number of hydrogen-bond acceptors (Lipinski definition) is 4. The van der Waals surface area contributed by atoms with Crippen molar-refractivity contribution in [2.24, 2.45) is 0 Å². The molecule has 1 aliphatic rings. The Morgan fingerprint density at radius 3 is 2.41 bits per heavy atom. The quantitative estimate of drug-likeness (QED) is 0.690. The molecule has 0 radical (unpaired) electrons. The van der Waals surface area contributed by atoms with Crippen LogP contribution in [0.1, 0.15) is 25.3 Å². The van der Waals surface area contributed by atoms with Crippen molar-refractivity contribution in [2.75, 3.05) is 48.6 Å². The number of piperazine rings is 1. The van der Waals surface area contributed by atoms with E-state index in [0.717, 1.165) is 55.0 Å². The number of anilines is 2. The fraction of sp³-hybridized carbons (Fsp3) is 0.455. The van der Waals surface area contributed by atoms with Gasteiger partial charge in [0.15, 0.2) is 0 Å². The number of rotatable bonds is 7. The lowest BCUT2D eigenvalue weighted by atomic mass is 9.99. The highest BCUT2D eigenvalue weighted by atomic mass is 35.5. The third-order valence-electron chi connectivity index (χ3n) is 5.39. The van der Waals surface area contributed by atoms with Crippen LogP contribution in [0.15, 0.2) is 36.4 Å². The van der Waals surface area contributed by atoms with Crippen molar-refractivity contribution in [3.63, 3.8) is 0 Å². The Bertz CT molecular complexity index is 955. The number of likely N-dealkylation sites (N-methyl/N-ethyl adjacent to an activating group) is 1. The summed E-state index contributed by atoms with van der Waals surface area (Å²) in [7, 11) is -1.33. The molecule has 0 atom stereocenters. The highest BCUT2D eigenvalue weighted by molar-refractivity contribution is 7.92. The Kier molecular flexibility index (Phi) is 7.09. The number of aryl methyl sites for hydroxylation is 1. The maximum Gasteiger partial charge on any atom is 0.232 e. The highest BCUT2D eigenvalue weighted by Gasteiger charge is 2.21. The average molecular weight is 436 g/mol. The summed E-state index contributed by atoms with van der Waals surface area (Å²) in [5, 5.41) is 0.442. The van der Waals surface area contributed by atoms with E-state index in [2.05, 4.69) is 27.6 Å². The van der Waals surface area contributed by atoms with Crippen molar-refractivity contribution in [3.05, 3.63) is 47.0 Å². The second kappa shape index (κ2) is 9.37. The predicted octanol–water partition coefficient (Wildman–Crippen LogP) is 4.61. The molecule has 0 aromatic heterocycles. The van der Waals surface area contributed by atoms with Gasteiger partial charge in [-0.1, -0.05) is 49.2 Å². The molecule has 1 fully saturated rings. The third-order valence-corrected chi connectivity index (χ3v) is 7.16. The molecular weight excluding hydrogens is 406 g/mol. The third kappa shape index (κ3) is 5.44. The van der Waals surface area contributed by atoms with E-state index >= 15 is 0 Å². The van der Waals surface area contributed by atoms with Gasteiger partial charge in [0, 0.05) is 37.4 Å². The molecule has 2 aromatic rings. The minimum Gasteiger partial charge on any atom is -0.369 e. The summed E-state index contributed by atoms with van der Waals surface area (Å²) in [5.74, 6) is 0.0955. The molecular formula is C22H30ClN3O2S. The topological polar surface area (TPSA) is 52.7 Å². The number of hydrogen-bond donors (Lipinski definition) is 1. The first-order valence-corrected chi connectivity index (χ1v) is 12.2. The number of benzene rings is 2. The highest BCUT2D eigenvalue weighted by Crippen LogP contribution is 2.40. The van der Waals surface area contributed by atoms with Gasteiger partial charge in [-0.2, -0.15) is 0 Å². The van der Waals surface area contributed by atoms with E-state index in [1.807, 2.05) is 44.2 Å². The van der Waals surface area contributed by atoms with Crippen LogP contribution in [0.5, 0.6) is 0 Å². The van der Waals surface area contributed by atoms with Crippen LogP contribution >= 0.6 is 11.6 Å². The molecule has 0 spiro atoms. The Hall–Kier alpha value is -1.76. The first kappa shape index (κ1) is 21.9. The van der Waals surface area contributed by atoms with E-state index in [0.29, 0.717) is 17.1 Å². The molecule has 7 heteroatoms. The number of unbranched alkanes of at least 4 members (excludes halogenated alkanes) is 1. The second-order valence-electron chi connectivity index (χ2n) is 7.73. The summed E-state index contributed by atoms with van der Waals surface area (Å²) in [6.45, 7) is 7.76. The molecule has 0 bridgehead atoms. The number of sulfonamides is 1. The Labute approximate surface area is 179 Å². The van der Waals surface area contributed by atoms with Crippen LogP contribution in [-0.2, 0) is 10.0 Å². The largest absolute Gasteiger partial charge is 0.369 e. The molecule has 1 heterocycles. The molecule has 0 saturated carbocycles. The van der Waals surface area contributed by atoms with Crippen molar-refractivity contribution in [2.45, 2.75) is 26.7 Å². The molecule has 1 N–H and O–H groups in total. The lowest BCUT2D eigenvalue weighted by molar-refractivity contribution is 0.313. The SMILES string of the molecule is CCCCS(=O)(=O)Nc1cc(N2CCN(C)CC2)cc(-c2ccccc2C)c1Cl. The average Bonchev–Trinajstić information content (AvgIpc) is 2.69. The van der Waals surface area contributed by atoms with E-state index in [1.54, 1.807) is 0 Å². The van der Waals surface area contributed by atoms with Crippen molar-refractivity contribution in [1.82, 2.24) is 4.90 Å². The zero-order valence-corrected chi connectivity index (χ0v) is 19.0. The van der Waals surface area contributed by atoms with Gasteiger partial charge in [-0.05, 0) is 43.7 Å². The van der Waals surface area contributed by atoms with E-state index in [9.17, 15) is 8.42 Å². The number of halogens is 1. The van der Waals surface area contributed by atoms with E-state index in [-0.39, 0.29) is 5.75 Å². The number of nitrogens with one attached hydrogen (secondary N) is 1. The van der Waals surface area contributed by atoms with Crippen LogP contribution in [0, 0.1) is 6.92 Å². The Morgan fingerprint density at radius 2 is 1.76 bits per heavy atom. The maximum absolute atomic E-state index is 12.6. The maximum atomic E-state index is 12.6.